The summed E-state index contributed by atoms with van der Waals surface area (Å²) in [6.07, 6.45) is 1.27. The Balaban J connectivity index is 1.57. The van der Waals surface area contributed by atoms with Crippen molar-refractivity contribution in [2.45, 2.75) is 13.0 Å². The Bertz CT molecular complexity index is 910. The van der Waals surface area contributed by atoms with Gasteiger partial charge in [-0.05, 0) is 49.4 Å². The number of nitrogens with zero attached hydrogens (tertiary/aromatic N) is 2. The van der Waals surface area contributed by atoms with Crippen LogP contribution in [-0.4, -0.2) is 36.9 Å². The Kier molecular flexibility index (Phi) is 6.11. The second kappa shape index (κ2) is 8.90. The fourth-order valence-electron chi connectivity index (χ4n) is 2.68. The third-order valence-electron chi connectivity index (χ3n) is 4.11. The lowest BCUT2D eigenvalue weighted by Crippen LogP contribution is -2.31. The highest BCUT2D eigenvalue weighted by atomic mass is 16.5. The third kappa shape index (κ3) is 4.59. The molecule has 0 aliphatic heterocycles. The fraction of sp³-hybridized carbons (Fsp3) is 0.250. The van der Waals surface area contributed by atoms with Gasteiger partial charge >= 0.3 is 0 Å². The van der Waals surface area contributed by atoms with Crippen molar-refractivity contribution in [3.05, 3.63) is 54.4 Å². The lowest BCUT2D eigenvalue weighted by molar-refractivity contribution is -0.123. The molecule has 1 heterocycles. The highest BCUT2D eigenvalue weighted by Crippen LogP contribution is 2.29. The van der Waals surface area contributed by atoms with Crippen molar-refractivity contribution in [3.63, 3.8) is 0 Å². The maximum Gasteiger partial charge on any atom is 0.258 e. The summed E-state index contributed by atoms with van der Waals surface area (Å²) in [7, 11) is 3.17. The number of carbonyl (C=O) groups excluding carboxylic acids is 1. The molecular weight excluding hydrogens is 362 g/mol. The van der Waals surface area contributed by atoms with Gasteiger partial charge in [0.05, 0.1) is 20.3 Å². The molecule has 28 heavy (non-hydrogen) atoms. The standard InChI is InChI=1S/C20H21N3O5/c1-13(17-10-16(25-2)8-9-18(17)26-3)22-19(24)11-27-15-6-4-14(5-7-15)20-23-21-12-28-20/h4-10,12-13H,11H2,1-3H3,(H,22,24)/t13-/m0/s1. The zero-order valence-electron chi connectivity index (χ0n) is 15.8. The SMILES string of the molecule is COc1ccc(OC)c([C@H](C)NC(=O)COc2ccc(-c3nnco3)cc2)c1. The first-order valence-corrected chi connectivity index (χ1v) is 8.61. The van der Waals surface area contributed by atoms with Gasteiger partial charge in [0, 0.05) is 11.1 Å². The van der Waals surface area contributed by atoms with Gasteiger partial charge in [0.25, 0.3) is 5.91 Å². The summed E-state index contributed by atoms with van der Waals surface area (Å²) < 4.78 is 21.3. The topological polar surface area (TPSA) is 95.7 Å². The van der Waals surface area contributed by atoms with E-state index < -0.39 is 0 Å². The zero-order valence-corrected chi connectivity index (χ0v) is 15.8. The minimum atomic E-state index is -0.277. The quantitative estimate of drug-likeness (QED) is 0.639. The smallest absolute Gasteiger partial charge is 0.258 e. The Morgan fingerprint density at radius 3 is 2.50 bits per heavy atom. The lowest BCUT2D eigenvalue weighted by Gasteiger charge is -2.18. The van der Waals surface area contributed by atoms with Gasteiger partial charge in [-0.15, -0.1) is 10.2 Å². The second-order valence-corrected chi connectivity index (χ2v) is 5.95. The van der Waals surface area contributed by atoms with E-state index in [9.17, 15) is 4.79 Å². The summed E-state index contributed by atoms with van der Waals surface area (Å²) in [5.41, 5.74) is 1.59. The van der Waals surface area contributed by atoms with E-state index >= 15 is 0 Å². The normalized spacial score (nSPS) is 11.5. The predicted molar refractivity (Wildman–Crippen MR) is 101 cm³/mol. The molecule has 0 bridgehead atoms. The summed E-state index contributed by atoms with van der Waals surface area (Å²) in [5.74, 6) is 2.09. The van der Waals surface area contributed by atoms with E-state index in [1.54, 1.807) is 50.6 Å². The van der Waals surface area contributed by atoms with Crippen molar-refractivity contribution in [2.75, 3.05) is 20.8 Å². The van der Waals surface area contributed by atoms with Crippen LogP contribution >= 0.6 is 0 Å². The van der Waals surface area contributed by atoms with E-state index in [0.29, 0.717) is 23.1 Å². The first kappa shape index (κ1) is 19.2. The maximum absolute atomic E-state index is 12.3. The predicted octanol–water partition coefficient (Wildman–Crippen LogP) is 3.01. The number of benzene rings is 2. The minimum Gasteiger partial charge on any atom is -0.497 e. The molecule has 0 aliphatic carbocycles. The number of hydrogen-bond acceptors (Lipinski definition) is 7. The summed E-state index contributed by atoms with van der Waals surface area (Å²) in [4.78, 5) is 12.3. The number of ether oxygens (including phenoxy) is 3. The molecule has 0 aliphatic rings. The van der Waals surface area contributed by atoms with Gasteiger partial charge in [-0.2, -0.15) is 0 Å². The summed E-state index contributed by atoms with van der Waals surface area (Å²) >= 11 is 0. The molecule has 1 N–H and O–H groups in total. The number of methoxy groups -OCH3 is 2. The molecule has 1 aromatic heterocycles. The Hall–Kier alpha value is -3.55. The largest absolute Gasteiger partial charge is 0.497 e. The first-order valence-electron chi connectivity index (χ1n) is 8.61. The van der Waals surface area contributed by atoms with Crippen LogP contribution in [0.2, 0.25) is 0 Å². The fourth-order valence-corrected chi connectivity index (χ4v) is 2.68. The Morgan fingerprint density at radius 2 is 1.86 bits per heavy atom. The van der Waals surface area contributed by atoms with Gasteiger partial charge in [0.15, 0.2) is 6.61 Å². The average molecular weight is 383 g/mol. The summed E-state index contributed by atoms with van der Waals surface area (Å²) in [6, 6.07) is 12.2. The van der Waals surface area contributed by atoms with Crippen molar-refractivity contribution >= 4 is 5.91 Å². The van der Waals surface area contributed by atoms with Crippen LogP contribution in [-0.2, 0) is 4.79 Å². The molecule has 8 nitrogen and oxygen atoms in total. The van der Waals surface area contributed by atoms with Crippen LogP contribution in [0, 0.1) is 0 Å². The lowest BCUT2D eigenvalue weighted by atomic mass is 10.1. The van der Waals surface area contributed by atoms with Crippen LogP contribution in [0.15, 0.2) is 53.3 Å². The van der Waals surface area contributed by atoms with E-state index in [1.807, 2.05) is 13.0 Å². The summed E-state index contributed by atoms with van der Waals surface area (Å²) in [5, 5.41) is 10.4. The minimum absolute atomic E-state index is 0.115. The summed E-state index contributed by atoms with van der Waals surface area (Å²) in [6.45, 7) is 1.75. The molecule has 8 heteroatoms. The van der Waals surface area contributed by atoms with Crippen LogP contribution in [0.5, 0.6) is 17.2 Å². The van der Waals surface area contributed by atoms with Gasteiger partial charge < -0.3 is 23.9 Å². The molecule has 146 valence electrons. The van der Waals surface area contributed by atoms with Gasteiger partial charge in [-0.1, -0.05) is 0 Å². The van der Waals surface area contributed by atoms with Crippen LogP contribution in [0.1, 0.15) is 18.5 Å². The number of nitrogens with one attached hydrogen (secondary N) is 1. The van der Waals surface area contributed by atoms with Crippen molar-refractivity contribution < 1.29 is 23.4 Å². The molecule has 0 saturated carbocycles. The van der Waals surface area contributed by atoms with Gasteiger partial charge in [-0.25, -0.2) is 0 Å². The van der Waals surface area contributed by atoms with Gasteiger partial charge in [0.2, 0.25) is 12.3 Å². The molecular formula is C20H21N3O5. The first-order chi connectivity index (χ1) is 13.6. The van der Waals surface area contributed by atoms with Crippen molar-refractivity contribution in [1.29, 1.82) is 0 Å². The molecule has 1 atom stereocenters. The molecule has 1 amide bonds. The highest BCUT2D eigenvalue weighted by molar-refractivity contribution is 5.78. The molecule has 3 aromatic rings. The van der Waals surface area contributed by atoms with Crippen molar-refractivity contribution in [1.82, 2.24) is 15.5 Å². The highest BCUT2D eigenvalue weighted by Gasteiger charge is 2.15. The van der Waals surface area contributed by atoms with E-state index in [4.69, 9.17) is 18.6 Å². The number of hydrogen-bond donors (Lipinski definition) is 1. The van der Waals surface area contributed by atoms with Gasteiger partial charge in [0.1, 0.15) is 17.2 Å². The van der Waals surface area contributed by atoms with E-state index in [1.165, 1.54) is 6.39 Å². The number of amides is 1. The number of aromatic nitrogens is 2. The maximum atomic E-state index is 12.3. The average Bonchev–Trinajstić information content (AvgIpc) is 3.27. The third-order valence-corrected chi connectivity index (χ3v) is 4.11. The number of rotatable bonds is 8. The van der Waals surface area contributed by atoms with Crippen LogP contribution in [0.4, 0.5) is 0 Å². The molecule has 0 unspecified atom stereocenters. The molecule has 2 aromatic carbocycles. The van der Waals surface area contributed by atoms with Crippen LogP contribution < -0.4 is 19.5 Å². The molecule has 0 spiro atoms. The monoisotopic (exact) mass is 383 g/mol. The van der Waals surface area contributed by atoms with Crippen molar-refractivity contribution in [2.24, 2.45) is 0 Å². The zero-order chi connectivity index (χ0) is 19.9. The van der Waals surface area contributed by atoms with Crippen molar-refractivity contribution in [3.8, 4) is 28.7 Å². The molecule has 0 saturated heterocycles. The molecule has 3 rings (SSSR count). The molecule has 0 fully saturated rings. The Labute approximate surface area is 162 Å². The van der Waals surface area contributed by atoms with E-state index in [-0.39, 0.29) is 18.6 Å². The van der Waals surface area contributed by atoms with E-state index in [0.717, 1.165) is 11.1 Å². The second-order valence-electron chi connectivity index (χ2n) is 5.95. The molecule has 0 radical (unpaired) electrons. The van der Waals surface area contributed by atoms with E-state index in [2.05, 4.69) is 15.5 Å². The van der Waals surface area contributed by atoms with Crippen LogP contribution in [0.3, 0.4) is 0 Å². The van der Waals surface area contributed by atoms with Gasteiger partial charge in [-0.3, -0.25) is 4.79 Å². The number of carbonyl (C=O) groups is 1. The Morgan fingerprint density at radius 1 is 1.11 bits per heavy atom. The van der Waals surface area contributed by atoms with Crippen LogP contribution in [0.25, 0.3) is 11.5 Å².